The lowest BCUT2D eigenvalue weighted by Crippen LogP contribution is -2.45. The number of likely N-dealkylation sites (N-methyl/N-ethyl adjacent to an activating group) is 1. The lowest BCUT2D eigenvalue weighted by Gasteiger charge is -2.22. The van der Waals surface area contributed by atoms with Crippen molar-refractivity contribution >= 4 is 11.9 Å². The second-order valence-corrected chi connectivity index (χ2v) is 3.67. The van der Waals surface area contributed by atoms with Gasteiger partial charge in [0, 0.05) is 13.6 Å². The molecule has 0 fully saturated rings. The van der Waals surface area contributed by atoms with E-state index in [1.54, 1.807) is 7.05 Å². The van der Waals surface area contributed by atoms with E-state index in [1.807, 2.05) is 13.8 Å². The molecule has 0 aromatic heterocycles. The second-order valence-electron chi connectivity index (χ2n) is 3.67. The molecule has 14 heavy (non-hydrogen) atoms. The Morgan fingerprint density at radius 1 is 1.43 bits per heavy atom. The Morgan fingerprint density at radius 2 is 1.93 bits per heavy atom. The quantitative estimate of drug-likeness (QED) is 0.652. The molecule has 0 unspecified atom stereocenters. The van der Waals surface area contributed by atoms with Gasteiger partial charge in [0.25, 0.3) is 0 Å². The van der Waals surface area contributed by atoms with Crippen molar-refractivity contribution in [2.75, 3.05) is 13.6 Å². The summed E-state index contributed by atoms with van der Waals surface area (Å²) in [6.45, 7) is 3.91. The molecule has 0 saturated carbocycles. The molecule has 0 heterocycles. The third-order valence-electron chi connectivity index (χ3n) is 2.04. The van der Waals surface area contributed by atoms with Gasteiger partial charge in [-0.15, -0.1) is 0 Å². The highest BCUT2D eigenvalue weighted by atomic mass is 16.4. The molecule has 1 amide bonds. The Balaban J connectivity index is 4.05. The van der Waals surface area contributed by atoms with E-state index in [4.69, 9.17) is 10.8 Å². The van der Waals surface area contributed by atoms with E-state index in [0.717, 1.165) is 0 Å². The minimum Gasteiger partial charge on any atom is -0.481 e. The van der Waals surface area contributed by atoms with Crippen LogP contribution in [0.15, 0.2) is 0 Å². The summed E-state index contributed by atoms with van der Waals surface area (Å²) >= 11 is 0. The minimum absolute atomic E-state index is 0.0486. The van der Waals surface area contributed by atoms with Gasteiger partial charge in [0.15, 0.2) is 0 Å². The monoisotopic (exact) mass is 202 g/mol. The van der Waals surface area contributed by atoms with Crippen LogP contribution in [0.1, 0.15) is 20.3 Å². The number of aliphatic carboxylic acids is 1. The lowest BCUT2D eigenvalue weighted by molar-refractivity contribution is -0.138. The zero-order chi connectivity index (χ0) is 11.3. The molecular weight excluding hydrogens is 184 g/mol. The van der Waals surface area contributed by atoms with Gasteiger partial charge in [-0.2, -0.15) is 0 Å². The van der Waals surface area contributed by atoms with Gasteiger partial charge in [-0.05, 0) is 5.92 Å². The average molecular weight is 202 g/mol. The third kappa shape index (κ3) is 4.23. The van der Waals surface area contributed by atoms with Gasteiger partial charge in [-0.25, -0.2) is 0 Å². The molecule has 0 saturated heterocycles. The first kappa shape index (κ1) is 12.9. The molecule has 5 heteroatoms. The van der Waals surface area contributed by atoms with Crippen molar-refractivity contribution in [2.45, 2.75) is 26.3 Å². The Hall–Kier alpha value is -1.10. The molecule has 5 nitrogen and oxygen atoms in total. The van der Waals surface area contributed by atoms with Crippen LogP contribution in [0.4, 0.5) is 0 Å². The first-order chi connectivity index (χ1) is 6.36. The number of rotatable bonds is 5. The molecule has 0 bridgehead atoms. The minimum atomic E-state index is -0.914. The molecule has 0 radical (unpaired) electrons. The first-order valence-corrected chi connectivity index (χ1v) is 4.58. The highest BCUT2D eigenvalue weighted by Gasteiger charge is 2.20. The number of nitrogens with two attached hydrogens (primary N) is 1. The largest absolute Gasteiger partial charge is 0.481 e. The van der Waals surface area contributed by atoms with Gasteiger partial charge in [0.05, 0.1) is 12.5 Å². The number of carboxylic acid groups (broad SMARTS) is 1. The fraction of sp³-hybridized carbons (Fsp3) is 0.778. The molecule has 1 atom stereocenters. The second kappa shape index (κ2) is 5.59. The van der Waals surface area contributed by atoms with Gasteiger partial charge in [0.1, 0.15) is 0 Å². The van der Waals surface area contributed by atoms with E-state index in [0.29, 0.717) is 0 Å². The fourth-order valence-electron chi connectivity index (χ4n) is 0.913. The maximum atomic E-state index is 11.5. The molecule has 0 aliphatic rings. The van der Waals surface area contributed by atoms with Crippen molar-refractivity contribution in [1.82, 2.24) is 4.90 Å². The Morgan fingerprint density at radius 3 is 2.29 bits per heavy atom. The molecule has 3 N–H and O–H groups in total. The molecule has 0 aliphatic carbocycles. The number of carboxylic acids is 1. The van der Waals surface area contributed by atoms with E-state index in [1.165, 1.54) is 4.90 Å². The van der Waals surface area contributed by atoms with Crippen LogP contribution < -0.4 is 5.73 Å². The van der Waals surface area contributed by atoms with Crippen LogP contribution in [0.25, 0.3) is 0 Å². The number of hydrogen-bond acceptors (Lipinski definition) is 3. The molecule has 0 aromatic carbocycles. The molecule has 0 aromatic rings. The highest BCUT2D eigenvalue weighted by molar-refractivity contribution is 5.82. The van der Waals surface area contributed by atoms with Crippen LogP contribution in [0.3, 0.4) is 0 Å². The molecule has 0 aliphatic heterocycles. The fourth-order valence-corrected chi connectivity index (χ4v) is 0.913. The summed E-state index contributed by atoms with van der Waals surface area (Å²) in [7, 11) is 1.56. The summed E-state index contributed by atoms with van der Waals surface area (Å²) in [5.74, 6) is -1.06. The van der Waals surface area contributed by atoms with E-state index in [9.17, 15) is 9.59 Å². The summed E-state index contributed by atoms with van der Waals surface area (Å²) < 4.78 is 0. The lowest BCUT2D eigenvalue weighted by atomic mass is 10.0. The zero-order valence-corrected chi connectivity index (χ0v) is 8.86. The van der Waals surface area contributed by atoms with Crippen molar-refractivity contribution in [3.05, 3.63) is 0 Å². The van der Waals surface area contributed by atoms with Crippen molar-refractivity contribution in [3.63, 3.8) is 0 Å². The number of nitrogens with zero attached hydrogens (tertiary/aromatic N) is 1. The third-order valence-corrected chi connectivity index (χ3v) is 2.04. The molecule has 82 valence electrons. The highest BCUT2D eigenvalue weighted by Crippen LogP contribution is 2.02. The van der Waals surface area contributed by atoms with Gasteiger partial charge < -0.3 is 15.7 Å². The molecular formula is C9H18N2O3. The number of carbonyl (C=O) groups is 2. The van der Waals surface area contributed by atoms with Crippen LogP contribution in [-0.4, -0.2) is 41.5 Å². The van der Waals surface area contributed by atoms with Crippen LogP contribution in [0, 0.1) is 5.92 Å². The van der Waals surface area contributed by atoms with Crippen molar-refractivity contribution in [3.8, 4) is 0 Å². The predicted molar refractivity (Wildman–Crippen MR) is 52.7 cm³/mol. The summed E-state index contributed by atoms with van der Waals surface area (Å²) in [6.07, 6.45) is -0.0486. The Kier molecular flexibility index (Phi) is 5.15. The van der Waals surface area contributed by atoms with E-state index in [-0.39, 0.29) is 24.8 Å². The zero-order valence-electron chi connectivity index (χ0n) is 8.86. The summed E-state index contributed by atoms with van der Waals surface area (Å²) in [6, 6.07) is -0.547. The topological polar surface area (TPSA) is 83.6 Å². The predicted octanol–water partition coefficient (Wildman–Crippen LogP) is -0.0972. The standard InChI is InChI=1S/C9H18N2O3/c1-6(2)8(10)9(14)11(3)5-4-7(12)13/h6,8H,4-5,10H2,1-3H3,(H,12,13)/t8-/m1/s1. The van der Waals surface area contributed by atoms with Crippen LogP contribution in [0.2, 0.25) is 0 Å². The average Bonchev–Trinajstić information content (AvgIpc) is 2.11. The number of carbonyl (C=O) groups excluding carboxylic acids is 1. The van der Waals surface area contributed by atoms with E-state index >= 15 is 0 Å². The van der Waals surface area contributed by atoms with Gasteiger partial charge >= 0.3 is 5.97 Å². The van der Waals surface area contributed by atoms with Gasteiger partial charge in [0.2, 0.25) is 5.91 Å². The normalized spacial score (nSPS) is 12.6. The number of hydrogen-bond donors (Lipinski definition) is 2. The van der Waals surface area contributed by atoms with Crippen molar-refractivity contribution in [1.29, 1.82) is 0 Å². The first-order valence-electron chi connectivity index (χ1n) is 4.58. The van der Waals surface area contributed by atoms with Crippen LogP contribution >= 0.6 is 0 Å². The smallest absolute Gasteiger partial charge is 0.305 e. The maximum absolute atomic E-state index is 11.5. The van der Waals surface area contributed by atoms with Crippen LogP contribution in [0.5, 0.6) is 0 Å². The summed E-state index contributed by atoms with van der Waals surface area (Å²) in [5.41, 5.74) is 5.63. The Labute approximate surface area is 83.9 Å². The number of amides is 1. The molecule has 0 rings (SSSR count). The summed E-state index contributed by atoms with van der Waals surface area (Å²) in [4.78, 5) is 23.1. The maximum Gasteiger partial charge on any atom is 0.305 e. The van der Waals surface area contributed by atoms with E-state index < -0.39 is 12.0 Å². The Bertz CT molecular complexity index is 216. The van der Waals surface area contributed by atoms with Crippen LogP contribution in [-0.2, 0) is 9.59 Å². The van der Waals surface area contributed by atoms with Crippen molar-refractivity contribution in [2.24, 2.45) is 11.7 Å². The van der Waals surface area contributed by atoms with E-state index in [2.05, 4.69) is 0 Å². The molecule has 0 spiro atoms. The van der Waals surface area contributed by atoms with Crippen molar-refractivity contribution < 1.29 is 14.7 Å². The van der Waals surface area contributed by atoms with Gasteiger partial charge in [-0.1, -0.05) is 13.8 Å². The SMILES string of the molecule is CC(C)[C@@H](N)C(=O)N(C)CCC(=O)O. The van der Waals surface area contributed by atoms with Gasteiger partial charge in [-0.3, -0.25) is 9.59 Å². The summed E-state index contributed by atoms with van der Waals surface area (Å²) in [5, 5.41) is 8.42.